The quantitative estimate of drug-likeness (QED) is 0.477. The van der Waals surface area contributed by atoms with Gasteiger partial charge in [-0.25, -0.2) is 0 Å². The van der Waals surface area contributed by atoms with Crippen LogP contribution >= 0.6 is 0 Å². The van der Waals surface area contributed by atoms with Crippen LogP contribution in [0.3, 0.4) is 0 Å². The Morgan fingerprint density at radius 1 is 1.12 bits per heavy atom. The van der Waals surface area contributed by atoms with Crippen molar-refractivity contribution in [1.82, 2.24) is 10.5 Å². The van der Waals surface area contributed by atoms with Gasteiger partial charge < -0.3 is 24.7 Å². The van der Waals surface area contributed by atoms with Gasteiger partial charge in [0.25, 0.3) is 5.91 Å². The summed E-state index contributed by atoms with van der Waals surface area (Å²) in [5.41, 5.74) is 5.96. The second-order valence-electron chi connectivity index (χ2n) is 8.75. The molecule has 0 radical (unpaired) electrons. The minimum absolute atomic E-state index is 0.193. The maximum Gasteiger partial charge on any atom is 0.274 e. The molecule has 0 saturated carbocycles. The number of fused-ring (bicyclic) bond motifs is 1. The molecule has 7 heteroatoms. The number of methoxy groups -OCH3 is 2. The van der Waals surface area contributed by atoms with Crippen molar-refractivity contribution < 1.29 is 18.8 Å². The lowest BCUT2D eigenvalue weighted by molar-refractivity contribution is 0.0947. The van der Waals surface area contributed by atoms with E-state index < -0.39 is 0 Å². The number of amides is 1. The Morgan fingerprint density at radius 2 is 1.88 bits per heavy atom. The fourth-order valence-electron chi connectivity index (χ4n) is 4.51. The molecule has 4 rings (SSSR count). The van der Waals surface area contributed by atoms with E-state index in [2.05, 4.69) is 24.3 Å². The number of aryl methyl sites for hydroxylation is 1. The van der Waals surface area contributed by atoms with Crippen LogP contribution < -0.4 is 14.8 Å². The van der Waals surface area contributed by atoms with Gasteiger partial charge in [-0.15, -0.1) is 0 Å². The molecule has 1 aliphatic carbocycles. The Bertz CT molecular complexity index is 1240. The lowest BCUT2D eigenvalue weighted by atomic mass is 9.86. The number of rotatable bonds is 7. The van der Waals surface area contributed by atoms with E-state index in [0.29, 0.717) is 34.9 Å². The van der Waals surface area contributed by atoms with Gasteiger partial charge in [0.2, 0.25) is 0 Å². The van der Waals surface area contributed by atoms with Crippen LogP contribution in [0.1, 0.15) is 66.7 Å². The Balaban J connectivity index is 1.98. The average Bonchev–Trinajstić information content (AvgIpc) is 3.28. The van der Waals surface area contributed by atoms with Crippen molar-refractivity contribution in [3.05, 3.63) is 52.7 Å². The van der Waals surface area contributed by atoms with Gasteiger partial charge in [0.05, 0.1) is 25.3 Å². The highest BCUT2D eigenvalue weighted by Crippen LogP contribution is 2.44. The number of carbonyl (C=O) groups is 1. The molecule has 0 unspecified atom stereocenters. The molecule has 2 N–H and O–H groups in total. The molecule has 0 aliphatic heterocycles. The van der Waals surface area contributed by atoms with Crippen molar-refractivity contribution >= 4 is 11.6 Å². The summed E-state index contributed by atoms with van der Waals surface area (Å²) < 4.78 is 17.1. The van der Waals surface area contributed by atoms with Gasteiger partial charge in [-0.1, -0.05) is 31.1 Å². The van der Waals surface area contributed by atoms with Crippen LogP contribution in [0, 0.1) is 5.41 Å². The van der Waals surface area contributed by atoms with Gasteiger partial charge in [0, 0.05) is 18.3 Å². The number of nitrogens with one attached hydrogen (secondary N) is 2. The lowest BCUT2D eigenvalue weighted by Crippen LogP contribution is -2.23. The Hall–Kier alpha value is -3.61. The van der Waals surface area contributed by atoms with Gasteiger partial charge in [-0.05, 0) is 66.5 Å². The number of hydrogen-bond acceptors (Lipinski definition) is 6. The summed E-state index contributed by atoms with van der Waals surface area (Å²) in [7, 11) is 3.23. The topological polar surface area (TPSA) is 97.4 Å². The summed E-state index contributed by atoms with van der Waals surface area (Å²) in [6.45, 7) is 6.51. The first kappa shape index (κ1) is 23.5. The van der Waals surface area contributed by atoms with Gasteiger partial charge in [-0.3, -0.25) is 4.79 Å². The highest BCUT2D eigenvalue weighted by molar-refractivity contribution is 6.05. The largest absolute Gasteiger partial charge is 0.496 e. The number of carbonyl (C=O) groups excluding carboxylic acids is 1. The van der Waals surface area contributed by atoms with Crippen LogP contribution in [0.15, 0.2) is 34.9 Å². The van der Waals surface area contributed by atoms with Crippen molar-refractivity contribution in [2.45, 2.75) is 46.0 Å². The molecule has 3 aromatic rings. The summed E-state index contributed by atoms with van der Waals surface area (Å²) in [5, 5.41) is 15.5. The van der Waals surface area contributed by atoms with Crippen LogP contribution in [0.4, 0.5) is 0 Å². The average molecular weight is 462 g/mol. The minimum Gasteiger partial charge on any atom is -0.496 e. The standard InChI is InChI=1S/C27H31N3O4/c1-6-29-27(31)25-24(17-11-10-16-8-7-9-21(28)19(16)12-17)26(34-30-25)20-13-18(15(2)3)22(32-4)14-23(20)33-5/h10-15,28H,6-9H2,1-5H3,(H,29,31). The Kier molecular flexibility index (Phi) is 6.72. The molecule has 0 fully saturated rings. The number of nitrogens with zero attached hydrogens (tertiary/aromatic N) is 1. The second kappa shape index (κ2) is 9.71. The molecule has 178 valence electrons. The Morgan fingerprint density at radius 3 is 2.56 bits per heavy atom. The molecule has 7 nitrogen and oxygen atoms in total. The van der Waals surface area contributed by atoms with Gasteiger partial charge in [0.1, 0.15) is 11.5 Å². The zero-order chi connectivity index (χ0) is 24.4. The molecular formula is C27H31N3O4. The van der Waals surface area contributed by atoms with E-state index in [1.165, 1.54) is 0 Å². The fraction of sp³-hybridized carbons (Fsp3) is 0.370. The third-order valence-corrected chi connectivity index (χ3v) is 6.26. The summed E-state index contributed by atoms with van der Waals surface area (Å²) >= 11 is 0. The molecule has 34 heavy (non-hydrogen) atoms. The van der Waals surface area contributed by atoms with Crippen molar-refractivity contribution in [1.29, 1.82) is 5.41 Å². The highest BCUT2D eigenvalue weighted by Gasteiger charge is 2.28. The first-order chi connectivity index (χ1) is 16.4. The zero-order valence-corrected chi connectivity index (χ0v) is 20.4. The van der Waals surface area contributed by atoms with Crippen molar-refractivity contribution in [3.8, 4) is 33.9 Å². The third-order valence-electron chi connectivity index (χ3n) is 6.26. The summed E-state index contributed by atoms with van der Waals surface area (Å²) in [5.74, 6) is 1.62. The van der Waals surface area contributed by atoms with Crippen LogP contribution in [-0.2, 0) is 6.42 Å². The van der Waals surface area contributed by atoms with Crippen LogP contribution in [0.2, 0.25) is 0 Å². The predicted octanol–water partition coefficient (Wildman–Crippen LogP) is 5.60. The minimum atomic E-state index is -0.308. The van der Waals surface area contributed by atoms with Crippen molar-refractivity contribution in [2.75, 3.05) is 20.8 Å². The molecular weight excluding hydrogens is 430 g/mol. The van der Waals surface area contributed by atoms with E-state index >= 15 is 0 Å². The first-order valence-electron chi connectivity index (χ1n) is 11.6. The smallest absolute Gasteiger partial charge is 0.274 e. The van der Waals surface area contributed by atoms with E-state index in [0.717, 1.165) is 47.3 Å². The van der Waals surface area contributed by atoms with Gasteiger partial charge >= 0.3 is 0 Å². The molecule has 0 atom stereocenters. The second-order valence-corrected chi connectivity index (χ2v) is 8.75. The predicted molar refractivity (Wildman–Crippen MR) is 132 cm³/mol. The summed E-state index contributed by atoms with van der Waals surface area (Å²) in [4.78, 5) is 12.9. The Labute approximate surface area is 200 Å². The molecule has 0 spiro atoms. The molecule has 1 heterocycles. The summed E-state index contributed by atoms with van der Waals surface area (Å²) in [6.07, 6.45) is 2.68. The van der Waals surface area contributed by atoms with E-state index in [1.807, 2.05) is 37.3 Å². The maximum atomic E-state index is 12.9. The number of ether oxygens (including phenoxy) is 2. The number of hydrogen-bond donors (Lipinski definition) is 2. The van der Waals surface area contributed by atoms with Crippen molar-refractivity contribution in [3.63, 3.8) is 0 Å². The van der Waals surface area contributed by atoms with E-state index in [4.69, 9.17) is 19.4 Å². The van der Waals surface area contributed by atoms with Crippen molar-refractivity contribution in [2.24, 2.45) is 0 Å². The van der Waals surface area contributed by atoms with E-state index in [1.54, 1.807) is 14.2 Å². The fourth-order valence-corrected chi connectivity index (χ4v) is 4.51. The molecule has 1 amide bonds. The van der Waals surface area contributed by atoms with Gasteiger partial charge in [0.15, 0.2) is 11.5 Å². The molecule has 0 saturated heterocycles. The molecule has 0 bridgehead atoms. The maximum absolute atomic E-state index is 12.9. The monoisotopic (exact) mass is 461 g/mol. The van der Waals surface area contributed by atoms with E-state index in [-0.39, 0.29) is 17.5 Å². The molecule has 1 aromatic heterocycles. The SMILES string of the molecule is CCNC(=O)c1noc(-c2cc(C(C)C)c(OC)cc2OC)c1-c1ccc2c(c1)C(=N)CCC2. The number of aromatic nitrogens is 1. The molecule has 1 aliphatic rings. The molecule has 2 aromatic carbocycles. The lowest BCUT2D eigenvalue weighted by Gasteiger charge is -2.19. The van der Waals surface area contributed by atoms with E-state index in [9.17, 15) is 4.79 Å². The highest BCUT2D eigenvalue weighted by atomic mass is 16.5. The van der Waals surface area contributed by atoms with Crippen LogP contribution in [-0.4, -0.2) is 37.5 Å². The number of benzene rings is 2. The summed E-state index contributed by atoms with van der Waals surface area (Å²) in [6, 6.07) is 9.82. The first-order valence-corrected chi connectivity index (χ1v) is 11.6. The normalized spacial score (nSPS) is 13.1. The van der Waals surface area contributed by atoms with Crippen LogP contribution in [0.25, 0.3) is 22.5 Å². The van der Waals surface area contributed by atoms with Gasteiger partial charge in [-0.2, -0.15) is 0 Å². The third kappa shape index (κ3) is 4.18. The van der Waals surface area contributed by atoms with Crippen LogP contribution in [0.5, 0.6) is 11.5 Å². The zero-order valence-electron chi connectivity index (χ0n) is 20.4.